The van der Waals surface area contributed by atoms with Gasteiger partial charge in [0.2, 0.25) is 5.91 Å². The number of likely N-dealkylation sites (tertiary alicyclic amines) is 1. The third-order valence-corrected chi connectivity index (χ3v) is 2.87. The Hall–Kier alpha value is -1.29. The number of aliphatic hydroxyl groups excluding tert-OH is 1. The number of aliphatic hydroxyl groups is 1. The molecule has 16 heavy (non-hydrogen) atoms. The van der Waals surface area contributed by atoms with Gasteiger partial charge in [-0.15, -0.1) is 0 Å². The van der Waals surface area contributed by atoms with E-state index in [0.29, 0.717) is 18.7 Å². The fraction of sp³-hybridized carbons (Fsp3) is 0.583. The van der Waals surface area contributed by atoms with Gasteiger partial charge in [-0.1, -0.05) is 0 Å². The van der Waals surface area contributed by atoms with Crippen molar-refractivity contribution in [1.82, 2.24) is 4.90 Å². The van der Waals surface area contributed by atoms with E-state index in [4.69, 9.17) is 4.42 Å². The summed E-state index contributed by atoms with van der Waals surface area (Å²) in [6, 6.07) is 3.68. The lowest BCUT2D eigenvalue weighted by molar-refractivity contribution is -0.133. The van der Waals surface area contributed by atoms with E-state index in [0.717, 1.165) is 25.1 Å². The van der Waals surface area contributed by atoms with E-state index in [2.05, 4.69) is 0 Å². The van der Waals surface area contributed by atoms with Gasteiger partial charge >= 0.3 is 0 Å². The van der Waals surface area contributed by atoms with Crippen molar-refractivity contribution in [1.29, 1.82) is 0 Å². The van der Waals surface area contributed by atoms with Crippen LogP contribution in [0.4, 0.5) is 0 Å². The van der Waals surface area contributed by atoms with Crippen molar-refractivity contribution in [2.45, 2.75) is 32.3 Å². The van der Waals surface area contributed by atoms with Crippen LogP contribution in [0.3, 0.4) is 0 Å². The zero-order valence-corrected chi connectivity index (χ0v) is 9.48. The molecule has 1 aliphatic heterocycles. The second kappa shape index (κ2) is 4.70. The number of aryl methyl sites for hydroxylation is 1. The average Bonchev–Trinajstić information content (AvgIpc) is 2.64. The van der Waals surface area contributed by atoms with Crippen LogP contribution < -0.4 is 0 Å². The zero-order valence-electron chi connectivity index (χ0n) is 9.48. The molecule has 88 valence electrons. The number of rotatable bonds is 2. The highest BCUT2D eigenvalue weighted by Crippen LogP contribution is 2.13. The van der Waals surface area contributed by atoms with Crippen LogP contribution in [0, 0.1) is 6.92 Å². The topological polar surface area (TPSA) is 53.7 Å². The lowest BCUT2D eigenvalue weighted by Gasteiger charge is -2.29. The van der Waals surface area contributed by atoms with Crippen LogP contribution in [0.15, 0.2) is 16.5 Å². The van der Waals surface area contributed by atoms with Crippen molar-refractivity contribution in [3.05, 3.63) is 23.7 Å². The number of piperidine rings is 1. The minimum Gasteiger partial charge on any atom is -0.466 e. The molecule has 2 rings (SSSR count). The number of hydrogen-bond acceptors (Lipinski definition) is 3. The number of carbonyl (C=O) groups is 1. The molecule has 0 aliphatic carbocycles. The Labute approximate surface area is 94.9 Å². The molecule has 0 saturated carbocycles. The molecule has 1 unspecified atom stereocenters. The fourth-order valence-corrected chi connectivity index (χ4v) is 2.02. The number of furan rings is 1. The molecule has 2 heterocycles. The number of β-amino-alcohol motifs (C(OH)–C–C–N with tert-alkyl or cyclic N) is 1. The maximum absolute atomic E-state index is 11.9. The molecule has 1 aromatic heterocycles. The predicted molar refractivity (Wildman–Crippen MR) is 59.0 cm³/mol. The van der Waals surface area contributed by atoms with Gasteiger partial charge in [-0.25, -0.2) is 0 Å². The van der Waals surface area contributed by atoms with Gasteiger partial charge in [0.05, 0.1) is 12.5 Å². The van der Waals surface area contributed by atoms with E-state index < -0.39 is 0 Å². The van der Waals surface area contributed by atoms with E-state index in [1.165, 1.54) is 0 Å². The zero-order chi connectivity index (χ0) is 11.5. The lowest BCUT2D eigenvalue weighted by Crippen LogP contribution is -2.42. The van der Waals surface area contributed by atoms with Crippen LogP contribution in [0.25, 0.3) is 0 Å². The number of carbonyl (C=O) groups excluding carboxylic acids is 1. The Balaban J connectivity index is 1.92. The summed E-state index contributed by atoms with van der Waals surface area (Å²) in [6.45, 7) is 3.06. The summed E-state index contributed by atoms with van der Waals surface area (Å²) in [7, 11) is 0. The summed E-state index contributed by atoms with van der Waals surface area (Å²) in [5.74, 6) is 1.55. The summed E-state index contributed by atoms with van der Waals surface area (Å²) in [6.07, 6.45) is 1.60. The van der Waals surface area contributed by atoms with Crippen molar-refractivity contribution >= 4 is 5.91 Å². The first-order valence-corrected chi connectivity index (χ1v) is 5.66. The quantitative estimate of drug-likeness (QED) is 0.817. The molecule has 1 aromatic rings. The van der Waals surface area contributed by atoms with Crippen molar-refractivity contribution in [2.75, 3.05) is 13.1 Å². The minimum absolute atomic E-state index is 0.0353. The molecule has 0 bridgehead atoms. The first kappa shape index (κ1) is 11.2. The van der Waals surface area contributed by atoms with Crippen LogP contribution in [-0.2, 0) is 11.2 Å². The molecule has 4 nitrogen and oxygen atoms in total. The molecule has 0 aromatic carbocycles. The van der Waals surface area contributed by atoms with E-state index in [-0.39, 0.29) is 12.0 Å². The summed E-state index contributed by atoms with van der Waals surface area (Å²) in [5, 5.41) is 9.48. The summed E-state index contributed by atoms with van der Waals surface area (Å²) in [5.41, 5.74) is 0. The molecule has 1 amide bonds. The molecule has 1 aliphatic rings. The summed E-state index contributed by atoms with van der Waals surface area (Å²) < 4.78 is 5.36. The van der Waals surface area contributed by atoms with Crippen molar-refractivity contribution in [2.24, 2.45) is 0 Å². The second-order valence-corrected chi connectivity index (χ2v) is 4.32. The first-order valence-electron chi connectivity index (χ1n) is 5.66. The maximum atomic E-state index is 11.9. The highest BCUT2D eigenvalue weighted by molar-refractivity contribution is 5.78. The highest BCUT2D eigenvalue weighted by atomic mass is 16.3. The van der Waals surface area contributed by atoms with Crippen LogP contribution in [0.1, 0.15) is 24.4 Å². The van der Waals surface area contributed by atoms with Gasteiger partial charge in [0, 0.05) is 13.1 Å². The van der Waals surface area contributed by atoms with Crippen LogP contribution in [-0.4, -0.2) is 35.1 Å². The summed E-state index contributed by atoms with van der Waals surface area (Å²) in [4.78, 5) is 13.6. The standard InChI is InChI=1S/C12H17NO3/c1-9-4-5-11(16-9)7-12(15)13-6-2-3-10(14)8-13/h4-5,10,14H,2-3,6-8H2,1H3. The van der Waals surface area contributed by atoms with Crippen LogP contribution in [0.5, 0.6) is 0 Å². The van der Waals surface area contributed by atoms with E-state index in [1.54, 1.807) is 4.90 Å². The molecule has 0 spiro atoms. The Morgan fingerprint density at radius 3 is 3.06 bits per heavy atom. The van der Waals surface area contributed by atoms with Gasteiger partial charge in [0.15, 0.2) is 0 Å². The lowest BCUT2D eigenvalue weighted by atomic mass is 10.1. The second-order valence-electron chi connectivity index (χ2n) is 4.32. The van der Waals surface area contributed by atoms with Gasteiger partial charge < -0.3 is 14.4 Å². The van der Waals surface area contributed by atoms with Gasteiger partial charge in [0.1, 0.15) is 11.5 Å². The van der Waals surface area contributed by atoms with Crippen molar-refractivity contribution < 1.29 is 14.3 Å². The fourth-order valence-electron chi connectivity index (χ4n) is 2.02. The minimum atomic E-state index is -0.365. The molecule has 1 saturated heterocycles. The monoisotopic (exact) mass is 223 g/mol. The van der Waals surface area contributed by atoms with Crippen molar-refractivity contribution in [3.63, 3.8) is 0 Å². The third kappa shape index (κ3) is 2.64. The maximum Gasteiger partial charge on any atom is 0.230 e. The van der Waals surface area contributed by atoms with Gasteiger partial charge in [-0.05, 0) is 31.9 Å². The highest BCUT2D eigenvalue weighted by Gasteiger charge is 2.22. The number of nitrogens with zero attached hydrogens (tertiary/aromatic N) is 1. The molecule has 4 heteroatoms. The predicted octanol–water partition coefficient (Wildman–Crippen LogP) is 1.11. The van der Waals surface area contributed by atoms with Crippen molar-refractivity contribution in [3.8, 4) is 0 Å². The Morgan fingerprint density at radius 2 is 2.44 bits per heavy atom. The van der Waals surface area contributed by atoms with Crippen LogP contribution >= 0.6 is 0 Å². The Morgan fingerprint density at radius 1 is 1.62 bits per heavy atom. The number of hydrogen-bond donors (Lipinski definition) is 1. The molecule has 0 radical (unpaired) electrons. The number of amides is 1. The Bertz CT molecular complexity index is 372. The Kier molecular flexibility index (Phi) is 3.29. The van der Waals surface area contributed by atoms with E-state index in [1.807, 2.05) is 19.1 Å². The molecule has 1 N–H and O–H groups in total. The average molecular weight is 223 g/mol. The first-order chi connectivity index (χ1) is 7.65. The van der Waals surface area contributed by atoms with Gasteiger partial charge in [0.25, 0.3) is 0 Å². The summed E-state index contributed by atoms with van der Waals surface area (Å²) >= 11 is 0. The molecule has 1 fully saturated rings. The van der Waals surface area contributed by atoms with Crippen LogP contribution in [0.2, 0.25) is 0 Å². The van der Waals surface area contributed by atoms with E-state index in [9.17, 15) is 9.90 Å². The third-order valence-electron chi connectivity index (χ3n) is 2.87. The largest absolute Gasteiger partial charge is 0.466 e. The molecular formula is C12H17NO3. The SMILES string of the molecule is Cc1ccc(CC(=O)N2CCCC(O)C2)o1. The molecular weight excluding hydrogens is 206 g/mol. The van der Waals surface area contributed by atoms with Gasteiger partial charge in [-0.3, -0.25) is 4.79 Å². The van der Waals surface area contributed by atoms with Gasteiger partial charge in [-0.2, -0.15) is 0 Å². The smallest absolute Gasteiger partial charge is 0.230 e. The normalized spacial score (nSPS) is 21.1. The molecule has 1 atom stereocenters. The van der Waals surface area contributed by atoms with E-state index >= 15 is 0 Å².